The Morgan fingerprint density at radius 3 is 2.51 bits per heavy atom. The molecule has 0 aliphatic carbocycles. The van der Waals surface area contributed by atoms with Crippen LogP contribution in [0.5, 0.6) is 0 Å². The van der Waals surface area contributed by atoms with Crippen LogP contribution in [0, 0.1) is 0 Å². The first-order valence-corrected chi connectivity index (χ1v) is 12.2. The van der Waals surface area contributed by atoms with Crippen LogP contribution in [0.15, 0.2) is 64.3 Å². The fourth-order valence-electron chi connectivity index (χ4n) is 4.18. The average molecular weight is 492 g/mol. The molecule has 4 rings (SSSR count). The molecule has 0 amide bonds. The van der Waals surface area contributed by atoms with Crippen LogP contribution in [0.25, 0.3) is 22.5 Å². The lowest BCUT2D eigenvalue weighted by atomic mass is 9.97. The van der Waals surface area contributed by atoms with Crippen molar-refractivity contribution in [2.75, 3.05) is 6.61 Å². The number of tetrazole rings is 1. The third-order valence-corrected chi connectivity index (χ3v) is 6.31. The van der Waals surface area contributed by atoms with Gasteiger partial charge in [-0.1, -0.05) is 73.5 Å². The number of carbonyl (C=O) groups excluding carboxylic acids is 1. The number of aliphatic imine (C=N–C) groups is 1. The molecular formula is C26H28ClN6O2-. The van der Waals surface area contributed by atoms with Crippen LogP contribution in [0.4, 0.5) is 0 Å². The van der Waals surface area contributed by atoms with E-state index in [1.54, 1.807) is 6.92 Å². The normalized spacial score (nSPS) is 15.8. The number of rotatable bonds is 9. The SMILES string of the molecule is CCCCC1=NC(Cl)=C(C(=O)OCC)C(C)N1Cc1ccc(-c2ccccc2-c2nnn[n-]2)cc1. The minimum Gasteiger partial charge on any atom is -0.462 e. The number of amidine groups is 1. The molecular weight excluding hydrogens is 464 g/mol. The molecule has 3 aromatic rings. The van der Waals surface area contributed by atoms with Gasteiger partial charge in [0.2, 0.25) is 0 Å². The third kappa shape index (κ3) is 5.43. The third-order valence-electron chi connectivity index (χ3n) is 6.02. The highest BCUT2D eigenvalue weighted by atomic mass is 35.5. The quantitative estimate of drug-likeness (QED) is 0.308. The number of aromatic nitrogens is 4. The monoisotopic (exact) mass is 491 g/mol. The lowest BCUT2D eigenvalue weighted by Gasteiger charge is -2.36. The first-order chi connectivity index (χ1) is 17.0. The number of ether oxygens (including phenoxy) is 1. The molecule has 0 fully saturated rings. The maximum Gasteiger partial charge on any atom is 0.339 e. The van der Waals surface area contributed by atoms with Crippen molar-refractivity contribution in [3.05, 3.63) is 64.8 Å². The zero-order valence-corrected chi connectivity index (χ0v) is 20.9. The van der Waals surface area contributed by atoms with Crippen LogP contribution in [0.3, 0.4) is 0 Å². The topological polar surface area (TPSA) is 94.7 Å². The summed E-state index contributed by atoms with van der Waals surface area (Å²) in [6.07, 6.45) is 2.82. The summed E-state index contributed by atoms with van der Waals surface area (Å²) in [4.78, 5) is 19.3. The molecule has 182 valence electrons. The maximum atomic E-state index is 12.6. The van der Waals surface area contributed by atoms with Crippen molar-refractivity contribution in [3.8, 4) is 22.5 Å². The Hall–Kier alpha value is -3.52. The minimum atomic E-state index is -0.418. The molecule has 35 heavy (non-hydrogen) atoms. The van der Waals surface area contributed by atoms with E-state index in [9.17, 15) is 4.79 Å². The number of hydrogen-bond acceptors (Lipinski definition) is 7. The second kappa shape index (κ2) is 11.3. The van der Waals surface area contributed by atoms with E-state index in [0.717, 1.165) is 47.4 Å². The minimum absolute atomic E-state index is 0.226. The van der Waals surface area contributed by atoms with E-state index in [0.29, 0.717) is 17.9 Å². The number of carbonyl (C=O) groups is 1. The number of nitrogens with zero attached hydrogens (tertiary/aromatic N) is 6. The fourth-order valence-corrected chi connectivity index (χ4v) is 4.52. The highest BCUT2D eigenvalue weighted by molar-refractivity contribution is 6.32. The molecule has 1 aliphatic rings. The van der Waals surface area contributed by atoms with E-state index < -0.39 is 5.97 Å². The molecule has 2 heterocycles. The summed E-state index contributed by atoms with van der Waals surface area (Å²) in [6, 6.07) is 16.0. The number of hydrogen-bond donors (Lipinski definition) is 0. The Labute approximate surface area is 210 Å². The lowest BCUT2D eigenvalue weighted by Crippen LogP contribution is -2.43. The van der Waals surface area contributed by atoms with Gasteiger partial charge in [0, 0.05) is 18.8 Å². The standard InChI is InChI=1S/C26H28ClN6O2/c1-4-6-11-22-28-24(27)23(26(34)35-5-2)17(3)33(22)16-18-12-14-19(15-13-18)20-9-7-8-10-21(20)25-29-31-32-30-25/h7-10,12-15,17H,4-6,11,16H2,1-3H3/q-1. The van der Waals surface area contributed by atoms with Gasteiger partial charge in [-0.25, -0.2) is 9.79 Å². The van der Waals surface area contributed by atoms with Crippen molar-refractivity contribution < 1.29 is 9.53 Å². The van der Waals surface area contributed by atoms with Crippen LogP contribution in [-0.2, 0) is 16.1 Å². The van der Waals surface area contributed by atoms with Gasteiger partial charge in [-0.2, -0.15) is 5.21 Å². The molecule has 8 nitrogen and oxygen atoms in total. The van der Waals surface area contributed by atoms with Gasteiger partial charge >= 0.3 is 5.97 Å². The maximum absolute atomic E-state index is 12.6. The van der Waals surface area contributed by atoms with Crippen LogP contribution in [0.1, 0.15) is 45.6 Å². The predicted molar refractivity (Wildman–Crippen MR) is 135 cm³/mol. The van der Waals surface area contributed by atoms with Crippen molar-refractivity contribution in [3.63, 3.8) is 0 Å². The zero-order chi connectivity index (χ0) is 24.8. The van der Waals surface area contributed by atoms with Gasteiger partial charge in [0.1, 0.15) is 11.0 Å². The molecule has 1 aliphatic heterocycles. The highest BCUT2D eigenvalue weighted by Crippen LogP contribution is 2.32. The molecule has 0 N–H and O–H groups in total. The summed E-state index contributed by atoms with van der Waals surface area (Å²) in [5, 5.41) is 15.5. The summed E-state index contributed by atoms with van der Waals surface area (Å²) in [5.41, 5.74) is 4.41. The molecule has 0 bridgehead atoms. The van der Waals surface area contributed by atoms with Crippen molar-refractivity contribution in [2.45, 2.75) is 52.6 Å². The number of benzene rings is 2. The van der Waals surface area contributed by atoms with Gasteiger partial charge in [-0.15, -0.1) is 0 Å². The lowest BCUT2D eigenvalue weighted by molar-refractivity contribution is -0.139. The Morgan fingerprint density at radius 1 is 1.11 bits per heavy atom. The average Bonchev–Trinajstić information content (AvgIpc) is 3.40. The van der Waals surface area contributed by atoms with E-state index >= 15 is 0 Å². The van der Waals surface area contributed by atoms with Gasteiger partial charge in [-0.05, 0) is 42.5 Å². The van der Waals surface area contributed by atoms with E-state index in [1.807, 2.05) is 31.2 Å². The summed E-state index contributed by atoms with van der Waals surface area (Å²) in [5.74, 6) is 0.970. The number of esters is 1. The second-order valence-corrected chi connectivity index (χ2v) is 8.66. The zero-order valence-electron chi connectivity index (χ0n) is 20.1. The van der Waals surface area contributed by atoms with Crippen molar-refractivity contribution in [2.24, 2.45) is 4.99 Å². The predicted octanol–water partition coefficient (Wildman–Crippen LogP) is 4.97. The summed E-state index contributed by atoms with van der Waals surface area (Å²) < 4.78 is 5.25. The molecule has 0 saturated carbocycles. The van der Waals surface area contributed by atoms with Crippen LogP contribution in [0.2, 0.25) is 0 Å². The first kappa shape index (κ1) is 24.6. The van der Waals surface area contributed by atoms with E-state index in [1.165, 1.54) is 0 Å². The molecule has 1 unspecified atom stereocenters. The van der Waals surface area contributed by atoms with Crippen LogP contribution >= 0.6 is 11.6 Å². The van der Waals surface area contributed by atoms with Crippen molar-refractivity contribution in [1.82, 2.24) is 25.5 Å². The Balaban J connectivity index is 1.60. The van der Waals surface area contributed by atoms with E-state index in [2.05, 4.69) is 61.7 Å². The van der Waals surface area contributed by atoms with Gasteiger partial charge in [-0.3, -0.25) is 10.3 Å². The molecule has 9 heteroatoms. The smallest absolute Gasteiger partial charge is 0.339 e. The Kier molecular flexibility index (Phi) is 7.92. The number of unbranched alkanes of at least 4 members (excludes halogenated alkanes) is 1. The van der Waals surface area contributed by atoms with Crippen molar-refractivity contribution >= 4 is 23.4 Å². The van der Waals surface area contributed by atoms with Gasteiger partial charge in [0.15, 0.2) is 0 Å². The molecule has 2 aromatic carbocycles. The van der Waals surface area contributed by atoms with Gasteiger partial charge in [0.25, 0.3) is 0 Å². The molecule has 0 radical (unpaired) electrons. The molecule has 1 aromatic heterocycles. The van der Waals surface area contributed by atoms with E-state index in [4.69, 9.17) is 16.3 Å². The second-order valence-electron chi connectivity index (χ2n) is 8.31. The van der Waals surface area contributed by atoms with Gasteiger partial charge in [0.05, 0.1) is 18.2 Å². The van der Waals surface area contributed by atoms with Crippen LogP contribution < -0.4 is 5.10 Å². The van der Waals surface area contributed by atoms with E-state index in [-0.39, 0.29) is 17.8 Å². The summed E-state index contributed by atoms with van der Waals surface area (Å²) in [7, 11) is 0. The molecule has 0 saturated heterocycles. The fraction of sp³-hybridized carbons (Fsp3) is 0.346. The van der Waals surface area contributed by atoms with Gasteiger partial charge < -0.3 is 14.7 Å². The first-order valence-electron chi connectivity index (χ1n) is 11.8. The molecule has 1 atom stereocenters. The summed E-state index contributed by atoms with van der Waals surface area (Å²) >= 11 is 6.44. The number of halogens is 1. The Morgan fingerprint density at radius 2 is 1.86 bits per heavy atom. The van der Waals surface area contributed by atoms with Crippen molar-refractivity contribution in [1.29, 1.82) is 0 Å². The summed E-state index contributed by atoms with van der Waals surface area (Å²) in [6.45, 7) is 6.78. The molecule has 0 spiro atoms. The highest BCUT2D eigenvalue weighted by Gasteiger charge is 2.33. The largest absolute Gasteiger partial charge is 0.462 e. The Bertz CT molecular complexity index is 1220. The van der Waals surface area contributed by atoms with Crippen LogP contribution in [-0.4, -0.2) is 44.9 Å².